The van der Waals surface area contributed by atoms with Crippen molar-refractivity contribution in [2.45, 2.75) is 33.0 Å². The van der Waals surface area contributed by atoms with Gasteiger partial charge in [-0.1, -0.05) is 18.2 Å². The van der Waals surface area contributed by atoms with Gasteiger partial charge in [0.1, 0.15) is 5.75 Å². The molecule has 2 heterocycles. The normalized spacial score (nSPS) is 11.3. The maximum atomic E-state index is 12.4. The number of hydrogen-bond acceptors (Lipinski definition) is 4. The van der Waals surface area contributed by atoms with Crippen molar-refractivity contribution in [2.24, 2.45) is 0 Å². The maximum Gasteiger partial charge on any atom is 0.387 e. The summed E-state index contributed by atoms with van der Waals surface area (Å²) in [6.45, 7) is 1.13. The Hall–Kier alpha value is -3.03. The lowest BCUT2D eigenvalue weighted by molar-refractivity contribution is -0.0504. The fourth-order valence-corrected chi connectivity index (χ4v) is 2.58. The highest BCUT2D eigenvalue weighted by atomic mass is 19.3. The third-order valence-corrected chi connectivity index (χ3v) is 3.81. The van der Waals surface area contributed by atoms with Crippen molar-refractivity contribution in [3.05, 3.63) is 53.9 Å². The number of fused-ring (bicyclic) bond motifs is 1. The fourth-order valence-electron chi connectivity index (χ4n) is 2.58. The van der Waals surface area contributed by atoms with Crippen LogP contribution in [0.3, 0.4) is 0 Å². The van der Waals surface area contributed by atoms with Gasteiger partial charge in [0.2, 0.25) is 0 Å². The van der Waals surface area contributed by atoms with Gasteiger partial charge in [-0.2, -0.15) is 13.9 Å². The summed E-state index contributed by atoms with van der Waals surface area (Å²) in [5.41, 5.74) is 1.53. The molecule has 0 saturated carbocycles. The topological polar surface area (TPSA) is 69.0 Å². The van der Waals surface area contributed by atoms with Crippen LogP contribution in [0.2, 0.25) is 0 Å². The first-order valence-electron chi connectivity index (χ1n) is 8.10. The third-order valence-electron chi connectivity index (χ3n) is 3.81. The molecule has 0 saturated heterocycles. The van der Waals surface area contributed by atoms with Crippen LogP contribution in [0.5, 0.6) is 5.75 Å². The molecular weight excluding hydrogens is 342 g/mol. The van der Waals surface area contributed by atoms with E-state index in [0.29, 0.717) is 16.8 Å². The summed E-state index contributed by atoms with van der Waals surface area (Å²) < 4.78 is 31.1. The van der Waals surface area contributed by atoms with Crippen molar-refractivity contribution < 1.29 is 18.3 Å². The molecule has 26 heavy (non-hydrogen) atoms. The van der Waals surface area contributed by atoms with Crippen LogP contribution in [0.4, 0.5) is 8.78 Å². The van der Waals surface area contributed by atoms with E-state index in [9.17, 15) is 13.6 Å². The van der Waals surface area contributed by atoms with E-state index in [1.54, 1.807) is 35.1 Å². The van der Waals surface area contributed by atoms with Crippen LogP contribution in [-0.4, -0.2) is 27.3 Å². The summed E-state index contributed by atoms with van der Waals surface area (Å²) in [5, 5.41) is 7.71. The summed E-state index contributed by atoms with van der Waals surface area (Å²) in [5.74, 6) is -0.321. The van der Waals surface area contributed by atoms with Gasteiger partial charge >= 0.3 is 6.61 Å². The molecule has 136 valence electrons. The van der Waals surface area contributed by atoms with Gasteiger partial charge in [0.05, 0.1) is 11.8 Å². The van der Waals surface area contributed by atoms with Gasteiger partial charge < -0.3 is 10.1 Å². The average Bonchev–Trinajstić information content (AvgIpc) is 3.03. The van der Waals surface area contributed by atoms with Crippen LogP contribution < -0.4 is 10.1 Å². The average molecular weight is 360 g/mol. The molecule has 0 unspecified atom stereocenters. The Morgan fingerprint density at radius 3 is 2.77 bits per heavy atom. The Morgan fingerprint density at radius 2 is 2.04 bits per heavy atom. The first kappa shape index (κ1) is 17.8. The monoisotopic (exact) mass is 360 g/mol. The number of ether oxygens (including phenoxy) is 1. The number of nitrogens with zero attached hydrogens (tertiary/aromatic N) is 3. The molecule has 0 aliphatic heterocycles. The molecule has 0 fully saturated rings. The minimum absolute atomic E-state index is 0.0367. The second-order valence-corrected chi connectivity index (χ2v) is 5.99. The van der Waals surface area contributed by atoms with Gasteiger partial charge in [-0.05, 0) is 26.0 Å². The van der Waals surface area contributed by atoms with E-state index in [-0.39, 0.29) is 24.2 Å². The highest BCUT2D eigenvalue weighted by Gasteiger charge is 2.13. The molecule has 8 heteroatoms. The summed E-state index contributed by atoms with van der Waals surface area (Å²) >= 11 is 0. The second-order valence-electron chi connectivity index (χ2n) is 5.99. The molecule has 0 atom stereocenters. The molecule has 2 aromatic heterocycles. The lowest BCUT2D eigenvalue weighted by Crippen LogP contribution is -2.23. The summed E-state index contributed by atoms with van der Waals surface area (Å²) in [7, 11) is 0. The summed E-state index contributed by atoms with van der Waals surface area (Å²) in [4.78, 5) is 16.7. The number of benzene rings is 1. The maximum absolute atomic E-state index is 12.4. The fraction of sp³-hybridized carbons (Fsp3) is 0.278. The SMILES string of the molecule is CC(C)n1ncc2cc(C(=O)NCc3ccccc3OC(F)F)cnc21. The third kappa shape index (κ3) is 3.79. The number of amides is 1. The minimum Gasteiger partial charge on any atom is -0.434 e. The van der Waals surface area contributed by atoms with Crippen LogP contribution >= 0.6 is 0 Å². The Balaban J connectivity index is 1.74. The van der Waals surface area contributed by atoms with E-state index >= 15 is 0 Å². The zero-order valence-electron chi connectivity index (χ0n) is 14.3. The van der Waals surface area contributed by atoms with E-state index in [1.807, 2.05) is 13.8 Å². The zero-order chi connectivity index (χ0) is 18.7. The molecule has 3 rings (SSSR count). The summed E-state index contributed by atoms with van der Waals surface area (Å²) in [6, 6.07) is 8.19. The van der Waals surface area contributed by atoms with Crippen LogP contribution in [0.1, 0.15) is 35.8 Å². The Bertz CT molecular complexity index is 924. The van der Waals surface area contributed by atoms with E-state index in [1.165, 1.54) is 12.3 Å². The van der Waals surface area contributed by atoms with Crippen molar-refractivity contribution in [3.8, 4) is 5.75 Å². The largest absolute Gasteiger partial charge is 0.434 e. The number of halogens is 2. The number of para-hydroxylation sites is 1. The number of rotatable bonds is 6. The van der Waals surface area contributed by atoms with E-state index < -0.39 is 6.61 Å². The summed E-state index contributed by atoms with van der Waals surface area (Å²) in [6.07, 6.45) is 3.13. The van der Waals surface area contributed by atoms with E-state index in [0.717, 1.165) is 5.39 Å². The quantitative estimate of drug-likeness (QED) is 0.730. The van der Waals surface area contributed by atoms with Gasteiger partial charge in [0.25, 0.3) is 5.91 Å². The van der Waals surface area contributed by atoms with E-state index in [4.69, 9.17) is 0 Å². The van der Waals surface area contributed by atoms with Crippen molar-refractivity contribution >= 4 is 16.9 Å². The molecule has 6 nitrogen and oxygen atoms in total. The zero-order valence-corrected chi connectivity index (χ0v) is 14.3. The molecular formula is C18H18F2N4O2. The number of aromatic nitrogens is 3. The molecule has 0 aliphatic carbocycles. The lowest BCUT2D eigenvalue weighted by Gasteiger charge is -2.11. The Morgan fingerprint density at radius 1 is 1.27 bits per heavy atom. The van der Waals surface area contributed by atoms with Crippen molar-refractivity contribution in [2.75, 3.05) is 0 Å². The molecule has 1 N–H and O–H groups in total. The Labute approximate surface area is 148 Å². The van der Waals surface area contributed by atoms with Gasteiger partial charge in [0.15, 0.2) is 5.65 Å². The first-order chi connectivity index (χ1) is 12.5. The van der Waals surface area contributed by atoms with Gasteiger partial charge in [-0.25, -0.2) is 9.67 Å². The molecule has 0 spiro atoms. The van der Waals surface area contributed by atoms with Crippen molar-refractivity contribution in [1.82, 2.24) is 20.1 Å². The number of pyridine rings is 1. The molecule has 1 aromatic carbocycles. The number of hydrogen-bond donors (Lipinski definition) is 1. The number of carbonyl (C=O) groups is 1. The highest BCUT2D eigenvalue weighted by Crippen LogP contribution is 2.20. The van der Waals surface area contributed by atoms with Crippen LogP contribution in [0.25, 0.3) is 11.0 Å². The van der Waals surface area contributed by atoms with E-state index in [2.05, 4.69) is 20.1 Å². The Kier molecular flexibility index (Phi) is 5.11. The van der Waals surface area contributed by atoms with Crippen LogP contribution in [0, 0.1) is 0 Å². The molecule has 1 amide bonds. The van der Waals surface area contributed by atoms with Crippen molar-refractivity contribution in [1.29, 1.82) is 0 Å². The van der Waals surface area contributed by atoms with Gasteiger partial charge in [-0.3, -0.25) is 4.79 Å². The lowest BCUT2D eigenvalue weighted by atomic mass is 10.2. The van der Waals surface area contributed by atoms with Crippen LogP contribution in [0.15, 0.2) is 42.7 Å². The molecule has 0 bridgehead atoms. The van der Waals surface area contributed by atoms with Gasteiger partial charge in [-0.15, -0.1) is 0 Å². The molecule has 0 aliphatic rings. The smallest absolute Gasteiger partial charge is 0.387 e. The van der Waals surface area contributed by atoms with Crippen LogP contribution in [-0.2, 0) is 6.54 Å². The second kappa shape index (κ2) is 7.47. The van der Waals surface area contributed by atoms with Crippen molar-refractivity contribution in [3.63, 3.8) is 0 Å². The minimum atomic E-state index is -2.92. The number of carbonyl (C=O) groups excluding carboxylic acids is 1. The standard InChI is InChI=1S/C18H18F2N4O2/c1-11(2)24-16-13(10-23-24)7-14(9-21-16)17(25)22-8-12-5-3-4-6-15(12)26-18(19)20/h3-7,9-11,18H,8H2,1-2H3,(H,22,25). The highest BCUT2D eigenvalue weighted by molar-refractivity contribution is 5.96. The van der Waals surface area contributed by atoms with Gasteiger partial charge in [0, 0.05) is 29.7 Å². The first-order valence-corrected chi connectivity index (χ1v) is 8.10. The predicted molar refractivity (Wildman–Crippen MR) is 92.2 cm³/mol. The molecule has 0 radical (unpaired) electrons. The molecule has 3 aromatic rings. The number of alkyl halides is 2. The number of nitrogens with one attached hydrogen (secondary N) is 1. The predicted octanol–water partition coefficient (Wildman–Crippen LogP) is 3.54.